The van der Waals surface area contributed by atoms with E-state index in [1.54, 1.807) is 28.8 Å². The number of benzene rings is 1. The van der Waals surface area contributed by atoms with Crippen molar-refractivity contribution >= 4 is 40.2 Å². The summed E-state index contributed by atoms with van der Waals surface area (Å²) in [6, 6.07) is 5.37. The molecule has 0 radical (unpaired) electrons. The highest BCUT2D eigenvalue weighted by Crippen LogP contribution is 2.44. The first-order valence-electron chi connectivity index (χ1n) is 9.30. The Labute approximate surface area is 167 Å². The van der Waals surface area contributed by atoms with E-state index in [4.69, 9.17) is 11.6 Å². The second-order valence-electron chi connectivity index (χ2n) is 7.32. The summed E-state index contributed by atoms with van der Waals surface area (Å²) in [6.45, 7) is 4.07. The first-order valence-corrected chi connectivity index (χ1v) is 10.7. The molecule has 2 saturated carbocycles. The molecule has 1 aromatic heterocycles. The van der Waals surface area contributed by atoms with Gasteiger partial charge in [0.1, 0.15) is 0 Å². The number of thioether (sulfide) groups is 1. The number of amides is 1. The molecule has 0 bridgehead atoms. The Morgan fingerprint density at radius 3 is 2.70 bits per heavy atom. The van der Waals surface area contributed by atoms with Gasteiger partial charge in [-0.15, -0.1) is 6.58 Å². The molecule has 2 aliphatic rings. The lowest BCUT2D eigenvalue weighted by Gasteiger charge is -2.18. The van der Waals surface area contributed by atoms with Crippen molar-refractivity contribution in [3.63, 3.8) is 0 Å². The Bertz CT molecular complexity index is 938. The Kier molecular flexibility index (Phi) is 5.28. The number of nitrogens with one attached hydrogen (secondary N) is 1. The van der Waals surface area contributed by atoms with Gasteiger partial charge in [0.15, 0.2) is 5.16 Å². The molecular formula is C20H22ClN3O2S. The second-order valence-corrected chi connectivity index (χ2v) is 8.70. The topological polar surface area (TPSA) is 64.0 Å². The number of carbonyl (C=O) groups is 1. The van der Waals surface area contributed by atoms with Crippen molar-refractivity contribution in [2.45, 2.75) is 43.4 Å². The summed E-state index contributed by atoms with van der Waals surface area (Å²) in [5, 5.41) is 4.76. The van der Waals surface area contributed by atoms with Gasteiger partial charge in [-0.25, -0.2) is 4.98 Å². The van der Waals surface area contributed by atoms with Crippen molar-refractivity contribution in [3.05, 3.63) is 46.2 Å². The molecule has 1 heterocycles. The summed E-state index contributed by atoms with van der Waals surface area (Å²) < 4.78 is 1.56. The van der Waals surface area contributed by atoms with Crippen molar-refractivity contribution < 1.29 is 4.79 Å². The lowest BCUT2D eigenvalue weighted by atomic mass is 10.1. The van der Waals surface area contributed by atoms with Crippen LogP contribution in [0.2, 0.25) is 5.02 Å². The number of aromatic nitrogens is 2. The van der Waals surface area contributed by atoms with Gasteiger partial charge in [-0.05, 0) is 55.7 Å². The molecule has 1 aromatic carbocycles. The molecule has 7 heteroatoms. The number of allylic oxidation sites excluding steroid dienone is 1. The summed E-state index contributed by atoms with van der Waals surface area (Å²) in [6.07, 6.45) is 6.55. The van der Waals surface area contributed by atoms with Crippen LogP contribution >= 0.6 is 23.4 Å². The van der Waals surface area contributed by atoms with E-state index in [0.717, 1.165) is 0 Å². The van der Waals surface area contributed by atoms with Crippen LogP contribution < -0.4 is 10.9 Å². The van der Waals surface area contributed by atoms with E-state index in [1.807, 2.05) is 0 Å². The summed E-state index contributed by atoms with van der Waals surface area (Å²) >= 11 is 7.33. The van der Waals surface area contributed by atoms with Gasteiger partial charge < -0.3 is 5.32 Å². The smallest absolute Gasteiger partial charge is 0.262 e. The standard InChI is InChI=1S/C20H22ClN3O2S/c1-2-9-24-19(26)15-8-7-14(21)10-16(15)22-20(24)27-11-17(25)23-18(12-3-4-12)13-5-6-13/h2,7-8,10,12-13,18H,1,3-6,9,11H2,(H,23,25). The number of nitrogens with zero attached hydrogens (tertiary/aromatic N) is 2. The van der Waals surface area contributed by atoms with Gasteiger partial charge in [-0.3, -0.25) is 14.2 Å². The van der Waals surface area contributed by atoms with Crippen LogP contribution in [0.1, 0.15) is 25.7 Å². The van der Waals surface area contributed by atoms with E-state index in [-0.39, 0.29) is 17.2 Å². The highest BCUT2D eigenvalue weighted by molar-refractivity contribution is 7.99. The average molecular weight is 404 g/mol. The van der Waals surface area contributed by atoms with Crippen LogP contribution in [-0.2, 0) is 11.3 Å². The van der Waals surface area contributed by atoms with Crippen LogP contribution in [0.25, 0.3) is 10.9 Å². The molecule has 0 atom stereocenters. The quantitative estimate of drug-likeness (QED) is 0.415. The number of carbonyl (C=O) groups excluding carboxylic acids is 1. The van der Waals surface area contributed by atoms with Gasteiger partial charge in [0.05, 0.1) is 16.7 Å². The third-order valence-electron chi connectivity index (χ3n) is 5.11. The molecule has 5 nitrogen and oxygen atoms in total. The minimum Gasteiger partial charge on any atom is -0.352 e. The van der Waals surface area contributed by atoms with E-state index in [2.05, 4.69) is 16.9 Å². The van der Waals surface area contributed by atoms with Crippen molar-refractivity contribution in [1.29, 1.82) is 0 Å². The Morgan fingerprint density at radius 2 is 2.07 bits per heavy atom. The van der Waals surface area contributed by atoms with E-state index in [0.29, 0.717) is 45.5 Å². The Morgan fingerprint density at radius 1 is 1.37 bits per heavy atom. The molecule has 0 saturated heterocycles. The molecule has 0 aliphatic heterocycles. The van der Waals surface area contributed by atoms with Crippen LogP contribution in [0.5, 0.6) is 0 Å². The van der Waals surface area contributed by atoms with Gasteiger partial charge in [0.25, 0.3) is 5.56 Å². The zero-order valence-electron chi connectivity index (χ0n) is 15.0. The van der Waals surface area contributed by atoms with Gasteiger partial charge in [0.2, 0.25) is 5.91 Å². The molecule has 2 aliphatic carbocycles. The van der Waals surface area contributed by atoms with Crippen LogP contribution in [0.3, 0.4) is 0 Å². The third kappa shape index (κ3) is 4.22. The number of hydrogen-bond donors (Lipinski definition) is 1. The highest BCUT2D eigenvalue weighted by atomic mass is 35.5. The molecule has 1 N–H and O–H groups in total. The van der Waals surface area contributed by atoms with Crippen LogP contribution in [-0.4, -0.2) is 27.3 Å². The molecule has 27 heavy (non-hydrogen) atoms. The first-order chi connectivity index (χ1) is 13.1. The summed E-state index contributed by atoms with van der Waals surface area (Å²) in [4.78, 5) is 29.8. The van der Waals surface area contributed by atoms with E-state index in [1.165, 1.54) is 37.4 Å². The average Bonchev–Trinajstić information content (AvgIpc) is 3.54. The fraction of sp³-hybridized carbons (Fsp3) is 0.450. The lowest BCUT2D eigenvalue weighted by Crippen LogP contribution is -2.39. The molecule has 4 rings (SSSR count). The second kappa shape index (κ2) is 7.68. The van der Waals surface area contributed by atoms with Crippen molar-refractivity contribution in [2.24, 2.45) is 11.8 Å². The van der Waals surface area contributed by atoms with E-state index < -0.39 is 0 Å². The largest absolute Gasteiger partial charge is 0.352 e. The number of hydrogen-bond acceptors (Lipinski definition) is 4. The van der Waals surface area contributed by atoms with E-state index >= 15 is 0 Å². The molecule has 2 aromatic rings. The van der Waals surface area contributed by atoms with Crippen molar-refractivity contribution in [2.75, 3.05) is 5.75 Å². The molecule has 2 fully saturated rings. The summed E-state index contributed by atoms with van der Waals surface area (Å²) in [5.74, 6) is 1.57. The molecule has 0 spiro atoms. The maximum absolute atomic E-state index is 12.8. The van der Waals surface area contributed by atoms with Crippen molar-refractivity contribution in [1.82, 2.24) is 14.9 Å². The molecule has 1 amide bonds. The van der Waals surface area contributed by atoms with Gasteiger partial charge >= 0.3 is 0 Å². The Balaban J connectivity index is 1.53. The molecule has 0 unspecified atom stereocenters. The van der Waals surface area contributed by atoms with E-state index in [9.17, 15) is 9.59 Å². The first kappa shape index (κ1) is 18.6. The fourth-order valence-electron chi connectivity index (χ4n) is 3.46. The Hall–Kier alpha value is -1.79. The van der Waals surface area contributed by atoms with Crippen LogP contribution in [0.4, 0.5) is 0 Å². The lowest BCUT2D eigenvalue weighted by molar-refractivity contribution is -0.119. The van der Waals surface area contributed by atoms with Gasteiger partial charge in [-0.2, -0.15) is 0 Å². The third-order valence-corrected chi connectivity index (χ3v) is 6.33. The highest BCUT2D eigenvalue weighted by Gasteiger charge is 2.42. The minimum absolute atomic E-state index is 0.00870. The summed E-state index contributed by atoms with van der Waals surface area (Å²) in [7, 11) is 0. The van der Waals surface area contributed by atoms with Gasteiger partial charge in [-0.1, -0.05) is 29.4 Å². The van der Waals surface area contributed by atoms with Crippen LogP contribution in [0, 0.1) is 11.8 Å². The number of rotatable bonds is 8. The van der Waals surface area contributed by atoms with Crippen LogP contribution in [0.15, 0.2) is 40.8 Å². The normalized spacial score (nSPS) is 16.7. The fourth-order valence-corrected chi connectivity index (χ4v) is 4.45. The SMILES string of the molecule is C=CCn1c(SCC(=O)NC(C2CC2)C2CC2)nc2cc(Cl)ccc2c1=O. The predicted molar refractivity (Wildman–Crippen MR) is 109 cm³/mol. The predicted octanol–water partition coefficient (Wildman–Crippen LogP) is 3.63. The molecule has 142 valence electrons. The minimum atomic E-state index is -0.145. The zero-order valence-corrected chi connectivity index (χ0v) is 16.6. The maximum atomic E-state index is 12.8. The number of halogens is 1. The maximum Gasteiger partial charge on any atom is 0.262 e. The monoisotopic (exact) mass is 403 g/mol. The molecular weight excluding hydrogens is 382 g/mol. The number of fused-ring (bicyclic) bond motifs is 1. The van der Waals surface area contributed by atoms with Crippen molar-refractivity contribution in [3.8, 4) is 0 Å². The van der Waals surface area contributed by atoms with Gasteiger partial charge in [0, 0.05) is 17.6 Å². The summed E-state index contributed by atoms with van der Waals surface area (Å²) in [5.41, 5.74) is 0.401. The zero-order chi connectivity index (χ0) is 19.0.